The molecule has 0 radical (unpaired) electrons. The lowest BCUT2D eigenvalue weighted by molar-refractivity contribution is -0.140. The third-order valence-electron chi connectivity index (χ3n) is 5.03. The molecule has 2 aromatic rings. The minimum absolute atomic E-state index is 0.0372. The quantitative estimate of drug-likeness (QED) is 0.584. The zero-order valence-electron chi connectivity index (χ0n) is 17.1. The number of hydrogen-bond acceptors (Lipinski definition) is 2. The van der Waals surface area contributed by atoms with Crippen molar-refractivity contribution >= 4 is 35.0 Å². The molecular weight excluding hydrogens is 407 g/mol. The Morgan fingerprint density at radius 2 is 1.62 bits per heavy atom. The summed E-state index contributed by atoms with van der Waals surface area (Å²) < 4.78 is 0. The summed E-state index contributed by atoms with van der Waals surface area (Å²) >= 11 is 12.6. The number of carbonyl (C=O) groups is 2. The van der Waals surface area contributed by atoms with Crippen LogP contribution in [0.1, 0.15) is 44.7 Å². The van der Waals surface area contributed by atoms with Gasteiger partial charge < -0.3 is 10.2 Å². The Morgan fingerprint density at radius 3 is 2.21 bits per heavy atom. The zero-order chi connectivity index (χ0) is 21.4. The van der Waals surface area contributed by atoms with Crippen LogP contribution in [-0.4, -0.2) is 28.8 Å². The van der Waals surface area contributed by atoms with Crippen molar-refractivity contribution in [3.8, 4) is 0 Å². The number of hydrogen-bond donors (Lipinski definition) is 1. The van der Waals surface area contributed by atoms with Gasteiger partial charge in [0.1, 0.15) is 6.04 Å². The smallest absolute Gasteiger partial charge is 0.242 e. The second-order valence-corrected chi connectivity index (χ2v) is 8.02. The Kier molecular flexibility index (Phi) is 8.99. The Labute approximate surface area is 183 Å². The molecule has 2 unspecified atom stereocenters. The van der Waals surface area contributed by atoms with Crippen LogP contribution in [0.3, 0.4) is 0 Å². The molecule has 0 saturated heterocycles. The van der Waals surface area contributed by atoms with Gasteiger partial charge in [0.25, 0.3) is 0 Å². The minimum atomic E-state index is -0.639. The molecule has 2 rings (SSSR count). The Morgan fingerprint density at radius 1 is 1.00 bits per heavy atom. The van der Waals surface area contributed by atoms with Crippen molar-refractivity contribution in [1.29, 1.82) is 0 Å². The first kappa shape index (κ1) is 23.2. The summed E-state index contributed by atoms with van der Waals surface area (Å²) in [4.78, 5) is 27.4. The molecule has 0 aromatic heterocycles. The van der Waals surface area contributed by atoms with Crippen LogP contribution in [0.15, 0.2) is 48.5 Å². The van der Waals surface area contributed by atoms with Gasteiger partial charge in [0.15, 0.2) is 0 Å². The third-order valence-corrected chi connectivity index (χ3v) is 5.74. The first-order valence-corrected chi connectivity index (χ1v) is 10.7. The highest BCUT2D eigenvalue weighted by molar-refractivity contribution is 6.36. The van der Waals surface area contributed by atoms with E-state index < -0.39 is 6.04 Å². The van der Waals surface area contributed by atoms with Crippen LogP contribution < -0.4 is 5.32 Å². The molecule has 1 N–H and O–H groups in total. The lowest BCUT2D eigenvalue weighted by Crippen LogP contribution is -2.49. The van der Waals surface area contributed by atoms with E-state index in [2.05, 4.69) is 5.32 Å². The second-order valence-electron chi connectivity index (χ2n) is 7.20. The van der Waals surface area contributed by atoms with Gasteiger partial charge in [0.05, 0.1) is 0 Å². The van der Waals surface area contributed by atoms with Crippen LogP contribution in [-0.2, 0) is 22.6 Å². The highest BCUT2D eigenvalue weighted by Crippen LogP contribution is 2.27. The molecule has 2 amide bonds. The molecule has 2 atom stereocenters. The van der Waals surface area contributed by atoms with Crippen molar-refractivity contribution in [2.24, 2.45) is 0 Å². The molecule has 156 valence electrons. The third kappa shape index (κ3) is 6.76. The standard InChI is InChI=1S/C23H28Cl2N2O2/c1-4-16(2)26-23(29)17(3)27(15-19-20(24)11-8-12-21(19)25)22(28)14-13-18-9-6-5-7-10-18/h5-12,16-17H,4,13-15H2,1-3H3,(H,26,29). The molecule has 0 aliphatic carbocycles. The number of amides is 2. The number of aryl methyl sites for hydroxylation is 1. The van der Waals surface area contributed by atoms with E-state index in [1.807, 2.05) is 44.2 Å². The SMILES string of the molecule is CCC(C)NC(=O)C(C)N(Cc1c(Cl)cccc1Cl)C(=O)CCc1ccccc1. The van der Waals surface area contributed by atoms with E-state index in [-0.39, 0.29) is 24.4 Å². The summed E-state index contributed by atoms with van der Waals surface area (Å²) in [5, 5.41) is 3.91. The number of benzene rings is 2. The maximum atomic E-state index is 13.1. The number of halogens is 2. The first-order chi connectivity index (χ1) is 13.8. The summed E-state index contributed by atoms with van der Waals surface area (Å²) in [5.41, 5.74) is 1.72. The molecule has 6 heteroatoms. The van der Waals surface area contributed by atoms with Gasteiger partial charge in [-0.3, -0.25) is 9.59 Å². The molecule has 0 spiro atoms. The maximum absolute atomic E-state index is 13.1. The van der Waals surface area contributed by atoms with E-state index in [0.29, 0.717) is 28.5 Å². The fourth-order valence-corrected chi connectivity index (χ4v) is 3.46. The van der Waals surface area contributed by atoms with E-state index in [9.17, 15) is 9.59 Å². The normalized spacial score (nSPS) is 12.9. The summed E-state index contributed by atoms with van der Waals surface area (Å²) in [6.07, 6.45) is 1.72. The lowest BCUT2D eigenvalue weighted by atomic mass is 10.1. The Balaban J connectivity index is 2.21. The monoisotopic (exact) mass is 434 g/mol. The van der Waals surface area contributed by atoms with Crippen LogP contribution in [0, 0.1) is 0 Å². The molecule has 0 fully saturated rings. The summed E-state index contributed by atoms with van der Waals surface area (Å²) in [6.45, 7) is 5.86. The number of nitrogens with zero attached hydrogens (tertiary/aromatic N) is 1. The number of nitrogens with one attached hydrogen (secondary N) is 1. The van der Waals surface area contributed by atoms with Gasteiger partial charge in [-0.05, 0) is 44.4 Å². The Bertz CT molecular complexity index is 807. The van der Waals surface area contributed by atoms with Crippen molar-refractivity contribution in [2.45, 2.75) is 58.7 Å². The van der Waals surface area contributed by atoms with Gasteiger partial charge in [0.2, 0.25) is 11.8 Å². The first-order valence-electron chi connectivity index (χ1n) is 9.90. The van der Waals surface area contributed by atoms with E-state index in [4.69, 9.17) is 23.2 Å². The van der Waals surface area contributed by atoms with Crippen LogP contribution in [0.25, 0.3) is 0 Å². The largest absolute Gasteiger partial charge is 0.352 e. The molecule has 0 aliphatic heterocycles. The van der Waals surface area contributed by atoms with Crippen LogP contribution in [0.5, 0.6) is 0 Å². The molecule has 0 heterocycles. The molecule has 4 nitrogen and oxygen atoms in total. The molecular formula is C23H28Cl2N2O2. The topological polar surface area (TPSA) is 49.4 Å². The average Bonchev–Trinajstić information content (AvgIpc) is 2.72. The summed E-state index contributed by atoms with van der Waals surface area (Å²) in [5.74, 6) is -0.299. The van der Waals surface area contributed by atoms with Crippen molar-refractivity contribution in [3.63, 3.8) is 0 Å². The van der Waals surface area contributed by atoms with Gasteiger partial charge in [-0.15, -0.1) is 0 Å². The van der Waals surface area contributed by atoms with Gasteiger partial charge in [0, 0.05) is 34.6 Å². The fourth-order valence-electron chi connectivity index (χ4n) is 2.94. The predicted molar refractivity (Wildman–Crippen MR) is 119 cm³/mol. The molecule has 2 aromatic carbocycles. The maximum Gasteiger partial charge on any atom is 0.242 e. The summed E-state index contributed by atoms with van der Waals surface area (Å²) in [7, 11) is 0. The zero-order valence-corrected chi connectivity index (χ0v) is 18.6. The highest BCUT2D eigenvalue weighted by atomic mass is 35.5. The van der Waals surface area contributed by atoms with Crippen molar-refractivity contribution in [2.75, 3.05) is 0 Å². The average molecular weight is 435 g/mol. The van der Waals surface area contributed by atoms with Crippen LogP contribution in [0.4, 0.5) is 0 Å². The van der Waals surface area contributed by atoms with Gasteiger partial charge in [-0.2, -0.15) is 0 Å². The van der Waals surface area contributed by atoms with E-state index >= 15 is 0 Å². The van der Waals surface area contributed by atoms with E-state index in [0.717, 1.165) is 12.0 Å². The predicted octanol–water partition coefficient (Wildman–Crippen LogP) is 5.26. The summed E-state index contributed by atoms with van der Waals surface area (Å²) in [6, 6.07) is 14.4. The molecule has 29 heavy (non-hydrogen) atoms. The molecule has 0 saturated carbocycles. The van der Waals surface area contributed by atoms with Gasteiger partial charge >= 0.3 is 0 Å². The van der Waals surface area contributed by atoms with Gasteiger partial charge in [-0.1, -0.05) is 66.5 Å². The number of rotatable bonds is 9. The fraction of sp³-hybridized carbons (Fsp3) is 0.391. The second kappa shape index (κ2) is 11.2. The highest BCUT2D eigenvalue weighted by Gasteiger charge is 2.27. The van der Waals surface area contributed by atoms with Gasteiger partial charge in [-0.25, -0.2) is 0 Å². The molecule has 0 bridgehead atoms. The van der Waals surface area contributed by atoms with Crippen molar-refractivity contribution < 1.29 is 9.59 Å². The van der Waals surface area contributed by atoms with Crippen molar-refractivity contribution in [3.05, 3.63) is 69.7 Å². The van der Waals surface area contributed by atoms with Crippen molar-refractivity contribution in [1.82, 2.24) is 10.2 Å². The molecule has 0 aliphatic rings. The minimum Gasteiger partial charge on any atom is -0.352 e. The van der Waals surface area contributed by atoms with Crippen LogP contribution >= 0.6 is 23.2 Å². The Hall–Kier alpha value is -2.04. The lowest BCUT2D eigenvalue weighted by Gasteiger charge is -2.30. The number of carbonyl (C=O) groups excluding carboxylic acids is 2. The van der Waals surface area contributed by atoms with Crippen LogP contribution in [0.2, 0.25) is 10.0 Å². The van der Waals surface area contributed by atoms with E-state index in [1.54, 1.807) is 30.0 Å². The van der Waals surface area contributed by atoms with E-state index in [1.165, 1.54) is 0 Å².